The Hall–Kier alpha value is -9.78. The fourth-order valence-electron chi connectivity index (χ4n) is 6.69. The van der Waals surface area contributed by atoms with Gasteiger partial charge in [-0.05, 0) is 20.8 Å². The second-order valence-corrected chi connectivity index (χ2v) is 26.6. The highest BCUT2D eigenvalue weighted by molar-refractivity contribution is 5.88. The lowest BCUT2D eigenvalue weighted by Gasteiger charge is -2.42. The van der Waals surface area contributed by atoms with Crippen molar-refractivity contribution in [3.05, 3.63) is 74.4 Å². The topological polar surface area (TPSA) is 158 Å². The summed E-state index contributed by atoms with van der Waals surface area (Å²) in [7, 11) is 0. The maximum Gasteiger partial charge on any atom is 0.385 e. The highest BCUT2D eigenvalue weighted by atomic mass is 19.5. The summed E-state index contributed by atoms with van der Waals surface area (Å²) in [5.74, 6) is -230. The number of hydrogen-bond donors (Lipinski definition) is 0. The Morgan fingerprint density at radius 2 is 0.272 bits per heavy atom. The van der Waals surface area contributed by atoms with E-state index in [1.165, 1.54) is 0 Å². The predicted octanol–water partition coefficient (Wildman–Crippen LogP) is 26.1. The van der Waals surface area contributed by atoms with Crippen LogP contribution < -0.4 is 0 Å². The van der Waals surface area contributed by atoms with E-state index in [1.54, 1.807) is 0 Å². The van der Waals surface area contributed by atoms with E-state index in [1.807, 2.05) is 0 Å². The minimum Gasteiger partial charge on any atom is -0.456 e. The van der Waals surface area contributed by atoms with Crippen LogP contribution in [-0.2, 0) is 57.2 Å². The van der Waals surface area contributed by atoms with Gasteiger partial charge in [0, 0.05) is 34.9 Å². The number of alkyl halides is 72. The van der Waals surface area contributed by atoms with Gasteiger partial charge in [-0.2, -0.15) is 263 Å². The number of halogens is 72. The smallest absolute Gasteiger partial charge is 0.385 e. The van der Waals surface area contributed by atoms with E-state index < -0.39 is 308 Å². The van der Waals surface area contributed by atoms with Gasteiger partial charge in [0.25, 0.3) is 0 Å². The number of ether oxygens (including phenoxy) is 6. The number of carbonyl (C=O) groups is 6. The number of hydrogen-bond acceptors (Lipinski definition) is 12. The van der Waals surface area contributed by atoms with Gasteiger partial charge in [0.05, 0.1) is 0 Å². The van der Waals surface area contributed by atoms with Crippen LogP contribution in [0.2, 0.25) is 0 Å². The quantitative estimate of drug-likeness (QED) is 0.0246. The van der Waals surface area contributed by atoms with Gasteiger partial charge < -0.3 is 28.4 Å². The van der Waals surface area contributed by atoms with Gasteiger partial charge >= 0.3 is 252 Å². The maximum atomic E-state index is 13.4. The second kappa shape index (κ2) is 47.0. The van der Waals surface area contributed by atoms with Crippen molar-refractivity contribution in [2.75, 3.05) is 39.6 Å². The third-order valence-corrected chi connectivity index (χ3v) is 15.5. The van der Waals surface area contributed by atoms with E-state index >= 15 is 0 Å². The first-order valence-electron chi connectivity index (χ1n) is 33.4. The fourth-order valence-corrected chi connectivity index (χ4v) is 6.69. The van der Waals surface area contributed by atoms with E-state index in [2.05, 4.69) is 67.9 Å². The Kier molecular flexibility index (Phi) is 47.3. The summed E-state index contributed by atoms with van der Waals surface area (Å²) in [5, 5.41) is 0. The average molecular weight is 2360 g/mol. The Morgan fingerprint density at radius 1 is 0.177 bits per heavy atom. The van der Waals surface area contributed by atoms with Gasteiger partial charge in [-0.15, -0.1) is 0 Å². The Morgan fingerprint density at radius 3 is 0.388 bits per heavy atom. The third kappa shape index (κ3) is 28.0. The minimum absolute atomic E-state index is 0.0396. The van der Waals surface area contributed by atoms with Crippen molar-refractivity contribution in [1.29, 1.82) is 0 Å². The molecule has 84 heteroatoms. The monoisotopic (exact) mass is 2360 g/mol. The molecule has 0 bridgehead atoms. The molecule has 0 saturated heterocycles. The second-order valence-electron chi connectivity index (χ2n) is 26.6. The van der Waals surface area contributed by atoms with Crippen LogP contribution in [-0.4, -0.2) is 292 Å². The Balaban J connectivity index is -0.000000410. The molecule has 0 rings (SSSR count). The highest BCUT2D eigenvalue weighted by Gasteiger charge is 2.97. The molecule has 0 aliphatic rings. The van der Waals surface area contributed by atoms with Crippen molar-refractivity contribution in [3.63, 3.8) is 0 Å². The van der Waals surface area contributed by atoms with Crippen LogP contribution in [0.5, 0.6) is 0 Å². The van der Waals surface area contributed by atoms with Crippen molar-refractivity contribution >= 4 is 35.8 Å². The van der Waals surface area contributed by atoms with Crippen LogP contribution in [0.25, 0.3) is 0 Å². The lowest BCUT2D eigenvalue weighted by Crippen LogP contribution is -2.74. The predicted molar refractivity (Wildman–Crippen MR) is 325 cm³/mol. The van der Waals surface area contributed by atoms with Crippen LogP contribution in [0.4, 0.5) is 316 Å². The van der Waals surface area contributed by atoms with Crippen LogP contribution >= 0.6 is 0 Å². The molecule has 0 aromatic rings. The summed E-state index contributed by atoms with van der Waals surface area (Å²) in [6.45, 7) is 1.50. The van der Waals surface area contributed by atoms with Crippen LogP contribution in [0.1, 0.15) is 20.8 Å². The van der Waals surface area contributed by atoms with E-state index in [-0.39, 0.29) is 12.2 Å². The fraction of sp³-hybridized carbons (Fsp3) is 0.714. The molecule has 0 spiro atoms. The molecule has 0 atom stereocenters. The molecule has 0 amide bonds. The first-order chi connectivity index (χ1) is 63.5. The zero-order valence-electron chi connectivity index (χ0n) is 68.3. The summed E-state index contributed by atoms with van der Waals surface area (Å²) in [6.07, 6.45) is -32.6. The molecule has 12 nitrogen and oxygen atoms in total. The first-order valence-corrected chi connectivity index (χ1v) is 33.4. The molecule has 0 radical (unpaired) electrons. The molecule has 147 heavy (non-hydrogen) atoms. The first kappa shape index (κ1) is 148. The molecule has 0 heterocycles. The molecule has 0 aromatic carbocycles. The SMILES string of the molecule is C=C(C)C(=O)OCC(F)(F)C(F)(F)C(F)(F)C(F)(F)C(F)(F)C(F)(F)C(F)(F)C(F)F.C=C(C)C(=O)OCC(F)(F)C(F)(F)C(F)(F)C(F)(F)C(F)(F)C(F)F.C=C(C)C(=O)OCC(F)(F)C(F)(F)C(F)(F)C(F)F.C=CC(=O)OCC(F)(F)C(F)(F)C(F)(F)C(F)(F)C(F)(F)C(F)(F)C(F)(F)C(F)F.C=CC(=O)OCC(F)(F)C(F)(F)C(F)(F)C(F)(F)C(F)(F)C(F)F.C=CC(=O)OCC(F)(F)C(F)(F)C(F)(F)C(F)F. The molecule has 0 aliphatic heterocycles. The van der Waals surface area contributed by atoms with Crippen molar-refractivity contribution < 1.29 is 373 Å². The molecule has 0 fully saturated rings. The number of rotatable bonds is 48. The summed E-state index contributed by atoms with van der Waals surface area (Å²) < 4.78 is 938. The van der Waals surface area contributed by atoms with Crippen molar-refractivity contribution in [2.24, 2.45) is 0 Å². The van der Waals surface area contributed by atoms with Gasteiger partial charge in [0.1, 0.15) is 0 Å². The van der Waals surface area contributed by atoms with Gasteiger partial charge in [-0.1, -0.05) is 39.5 Å². The minimum atomic E-state index is -8.48. The number of esters is 6. The van der Waals surface area contributed by atoms with Crippen LogP contribution in [0.3, 0.4) is 0 Å². The molecular formula is C63H42F72O12. The highest BCUT2D eigenvalue weighted by Crippen LogP contribution is 2.67. The van der Waals surface area contributed by atoms with Crippen molar-refractivity contribution in [3.8, 4) is 0 Å². The zero-order chi connectivity index (χ0) is 121. The molecule has 0 N–H and O–H groups in total. The molecule has 870 valence electrons. The van der Waals surface area contributed by atoms with Crippen molar-refractivity contribution in [1.82, 2.24) is 0 Å². The standard InChI is InChI=1S/C13H8F16O2.C12H6F16O2.C11H8F12O2.C10H6F12O2.C9H8F8O2.C8H6F8O2/c1-4(2)5(30)31-3-7(16,17)9(20,21)11(24,25)13(28,29)12(26,27)10(22,23)8(18,19)6(14)15;1-2-4(29)30-3-6(15,16)8(19,20)10(23,24)12(27,28)11(25,26)9(21,22)7(17,18)5(13)14;1-4(2)5(24)25-3-7(14,15)9(18,19)11(22,23)10(20,21)8(16,17)6(12)13;1-2-4(23)24-3-6(13,14)8(17,18)10(21,22)9(19,20)7(15,16)5(11)12;1-4(2)5(18)19-3-7(12,13)9(16,17)8(14,15)6(10)11;1-2-4(17)18-3-6(11,12)8(15,16)7(13,14)5(9)10/h6H,1,3H2,2H3;2,5H,1,3H2;6H,1,3H2,2H3;2,5H,1,3H2;6H,1,3H2,2H3;2,5H,1,3H2. The molecule has 0 aromatic heterocycles. The van der Waals surface area contributed by atoms with Crippen LogP contribution in [0, 0.1) is 0 Å². The molecule has 0 unspecified atom stereocenters. The Bertz CT molecular complexity index is 4440. The maximum absolute atomic E-state index is 13.4. The Labute approximate surface area is 760 Å². The average Bonchev–Trinajstić information content (AvgIpc) is 0.694. The van der Waals surface area contributed by atoms with Crippen LogP contribution in [0.15, 0.2) is 74.4 Å². The third-order valence-electron chi connectivity index (χ3n) is 15.5. The van der Waals surface area contributed by atoms with Gasteiger partial charge in [0.2, 0.25) is 0 Å². The van der Waals surface area contributed by atoms with Gasteiger partial charge in [-0.3, -0.25) is 0 Å². The van der Waals surface area contributed by atoms with Gasteiger partial charge in [-0.25, -0.2) is 81.5 Å². The molecule has 0 aliphatic carbocycles. The van der Waals surface area contributed by atoms with Gasteiger partial charge in [0.15, 0.2) is 39.6 Å². The summed E-state index contributed by atoms with van der Waals surface area (Å²) >= 11 is 0. The normalized spacial score (nSPS) is 14.7. The largest absolute Gasteiger partial charge is 0.456 e. The van der Waals surface area contributed by atoms with E-state index in [4.69, 9.17) is 0 Å². The lowest BCUT2D eigenvalue weighted by atomic mass is 9.89. The zero-order valence-corrected chi connectivity index (χ0v) is 68.3. The van der Waals surface area contributed by atoms with Crippen molar-refractivity contribution in [2.45, 2.75) is 237 Å². The lowest BCUT2D eigenvalue weighted by molar-refractivity contribution is -0.447. The van der Waals surface area contributed by atoms with E-state index in [0.29, 0.717) is 13.0 Å². The number of carbonyl (C=O) groups excluding carboxylic acids is 6. The summed E-state index contributed by atoms with van der Waals surface area (Å²) in [5.41, 5.74) is -1.98. The molecule has 0 saturated carbocycles. The van der Waals surface area contributed by atoms with E-state index in [0.717, 1.165) is 13.8 Å². The summed E-state index contributed by atoms with van der Waals surface area (Å²) in [6, 6.07) is 0. The summed E-state index contributed by atoms with van der Waals surface area (Å²) in [4.78, 5) is 63.4. The van der Waals surface area contributed by atoms with E-state index in [9.17, 15) is 345 Å². The molecular weight excluding hydrogens is 2320 g/mol.